The molecule has 4 rings (SSSR count). The summed E-state index contributed by atoms with van der Waals surface area (Å²) in [7, 11) is 0. The molecule has 2 N–H and O–H groups in total. The summed E-state index contributed by atoms with van der Waals surface area (Å²) >= 11 is 0. The molecular formula is C21H22FN5O2. The molecule has 1 aliphatic rings. The zero-order valence-electron chi connectivity index (χ0n) is 16.1. The van der Waals surface area contributed by atoms with E-state index < -0.39 is 0 Å². The van der Waals surface area contributed by atoms with Gasteiger partial charge in [0, 0.05) is 37.1 Å². The number of nitrogens with one attached hydrogen (secondary N) is 2. The minimum absolute atomic E-state index is 0.199. The van der Waals surface area contributed by atoms with Crippen LogP contribution in [0.2, 0.25) is 0 Å². The van der Waals surface area contributed by atoms with Crippen molar-refractivity contribution >= 4 is 22.7 Å². The topological polar surface area (TPSA) is 88.9 Å². The van der Waals surface area contributed by atoms with E-state index in [4.69, 9.17) is 0 Å². The average Bonchev–Trinajstić information content (AvgIpc) is 3.15. The van der Waals surface area contributed by atoms with Gasteiger partial charge in [0.15, 0.2) is 0 Å². The number of halogens is 1. The van der Waals surface area contributed by atoms with Crippen molar-refractivity contribution in [1.82, 2.24) is 25.2 Å². The maximum Gasteiger partial charge on any atom is 0.269 e. The zero-order valence-corrected chi connectivity index (χ0v) is 16.1. The van der Waals surface area contributed by atoms with Crippen LogP contribution in [0.1, 0.15) is 46.4 Å². The second-order valence-corrected chi connectivity index (χ2v) is 7.31. The second-order valence-electron chi connectivity index (χ2n) is 7.31. The predicted molar refractivity (Wildman–Crippen MR) is 106 cm³/mol. The molecule has 7 nitrogen and oxygen atoms in total. The number of amides is 2. The number of aromatic nitrogens is 3. The van der Waals surface area contributed by atoms with Crippen molar-refractivity contribution in [3.8, 4) is 0 Å². The van der Waals surface area contributed by atoms with Crippen LogP contribution in [0, 0.1) is 5.82 Å². The summed E-state index contributed by atoms with van der Waals surface area (Å²) in [4.78, 5) is 33.5. The Kier molecular flexibility index (Phi) is 5.24. The molecule has 0 fully saturated rings. The van der Waals surface area contributed by atoms with E-state index in [2.05, 4.69) is 20.6 Å². The molecule has 2 aromatic heterocycles. The van der Waals surface area contributed by atoms with E-state index in [1.807, 2.05) is 4.57 Å². The van der Waals surface area contributed by atoms with Crippen molar-refractivity contribution in [2.45, 2.75) is 38.8 Å². The van der Waals surface area contributed by atoms with E-state index >= 15 is 0 Å². The lowest BCUT2D eigenvalue weighted by molar-refractivity contribution is 0.0907. The number of hydrogen-bond donors (Lipinski definition) is 2. The molecule has 0 aliphatic carbocycles. The number of nitrogens with zero attached hydrogens (tertiary/aromatic N) is 3. The fourth-order valence-corrected chi connectivity index (χ4v) is 3.52. The van der Waals surface area contributed by atoms with Gasteiger partial charge < -0.3 is 15.2 Å². The van der Waals surface area contributed by atoms with Crippen LogP contribution >= 0.6 is 0 Å². The van der Waals surface area contributed by atoms with Crippen LogP contribution in [0.15, 0.2) is 36.7 Å². The van der Waals surface area contributed by atoms with Crippen molar-refractivity contribution in [2.75, 3.05) is 6.54 Å². The van der Waals surface area contributed by atoms with Gasteiger partial charge in [-0.25, -0.2) is 9.37 Å². The number of pyridine rings is 1. The standard InChI is InChI=1S/C21H22FN5O2/c1-13(10-25-21(29)18-12-24-19-4-2-3-7-27(18)19)26-20(28)15-8-14-9-16(22)5-6-17(14)23-11-15/h5-6,8-9,11-13H,2-4,7,10H2,1H3,(H,25,29)(H,26,28)/t13-/m0/s1. The molecule has 0 saturated heterocycles. The summed E-state index contributed by atoms with van der Waals surface area (Å²) in [5.41, 5.74) is 1.51. The molecule has 2 amide bonds. The third-order valence-electron chi connectivity index (χ3n) is 5.05. The summed E-state index contributed by atoms with van der Waals surface area (Å²) < 4.78 is 15.4. The Hall–Kier alpha value is -3.29. The highest BCUT2D eigenvalue weighted by molar-refractivity contribution is 5.97. The molecule has 0 saturated carbocycles. The molecule has 0 radical (unpaired) electrons. The molecule has 3 aromatic rings. The second kappa shape index (κ2) is 7.98. The summed E-state index contributed by atoms with van der Waals surface area (Å²) in [5.74, 6) is 0.0414. The van der Waals surface area contributed by atoms with Crippen LogP contribution in [0.25, 0.3) is 10.9 Å². The number of fused-ring (bicyclic) bond motifs is 2. The third-order valence-corrected chi connectivity index (χ3v) is 5.05. The number of benzene rings is 1. The summed E-state index contributed by atoms with van der Waals surface area (Å²) in [6, 6.07) is 5.55. The highest BCUT2D eigenvalue weighted by Gasteiger charge is 2.19. The lowest BCUT2D eigenvalue weighted by Crippen LogP contribution is -2.42. The van der Waals surface area contributed by atoms with Crippen molar-refractivity contribution in [3.05, 3.63) is 59.6 Å². The van der Waals surface area contributed by atoms with Crippen LogP contribution < -0.4 is 10.6 Å². The molecule has 1 aliphatic heterocycles. The molecule has 1 aromatic carbocycles. The molecule has 150 valence electrons. The van der Waals surface area contributed by atoms with Gasteiger partial charge in [0.25, 0.3) is 11.8 Å². The highest BCUT2D eigenvalue weighted by Crippen LogP contribution is 2.16. The maximum atomic E-state index is 13.4. The summed E-state index contributed by atoms with van der Waals surface area (Å²) in [5, 5.41) is 6.24. The molecule has 0 unspecified atom stereocenters. The Bertz CT molecular complexity index is 1080. The van der Waals surface area contributed by atoms with Gasteiger partial charge in [-0.1, -0.05) is 0 Å². The SMILES string of the molecule is C[C@@H](CNC(=O)c1cnc2n1CCCC2)NC(=O)c1cnc2ccc(F)cc2c1. The number of imidazole rings is 1. The van der Waals surface area contributed by atoms with Gasteiger partial charge >= 0.3 is 0 Å². The van der Waals surface area contributed by atoms with Gasteiger partial charge in [0.2, 0.25) is 0 Å². The Morgan fingerprint density at radius 2 is 2.03 bits per heavy atom. The van der Waals surface area contributed by atoms with Crippen LogP contribution in [-0.2, 0) is 13.0 Å². The fourth-order valence-electron chi connectivity index (χ4n) is 3.52. The van der Waals surface area contributed by atoms with Gasteiger partial charge in [-0.15, -0.1) is 0 Å². The van der Waals surface area contributed by atoms with Crippen LogP contribution in [0.5, 0.6) is 0 Å². The zero-order chi connectivity index (χ0) is 20.4. The van der Waals surface area contributed by atoms with Gasteiger partial charge in [-0.3, -0.25) is 14.6 Å². The Morgan fingerprint density at radius 1 is 1.17 bits per heavy atom. The Labute approximate surface area is 167 Å². The first-order valence-corrected chi connectivity index (χ1v) is 9.70. The molecule has 3 heterocycles. The minimum atomic E-state index is -0.380. The average molecular weight is 395 g/mol. The smallest absolute Gasteiger partial charge is 0.269 e. The largest absolute Gasteiger partial charge is 0.349 e. The van der Waals surface area contributed by atoms with Gasteiger partial charge in [-0.05, 0) is 44.0 Å². The Morgan fingerprint density at radius 3 is 2.90 bits per heavy atom. The first-order valence-electron chi connectivity index (χ1n) is 9.70. The van der Waals surface area contributed by atoms with Crippen molar-refractivity contribution < 1.29 is 14.0 Å². The molecular weight excluding hydrogens is 373 g/mol. The summed E-state index contributed by atoms with van der Waals surface area (Å²) in [6.45, 7) is 2.89. The predicted octanol–water partition coefficient (Wildman–Crippen LogP) is 2.46. The normalized spacial score (nSPS) is 14.3. The van der Waals surface area contributed by atoms with Gasteiger partial charge in [0.05, 0.1) is 17.3 Å². The highest BCUT2D eigenvalue weighted by atomic mass is 19.1. The van der Waals surface area contributed by atoms with Crippen LogP contribution in [0.3, 0.4) is 0 Å². The number of carbonyl (C=O) groups is 2. The van der Waals surface area contributed by atoms with E-state index in [0.717, 1.165) is 31.6 Å². The lowest BCUT2D eigenvalue weighted by Gasteiger charge is -2.17. The molecule has 8 heteroatoms. The number of aryl methyl sites for hydroxylation is 1. The first-order chi connectivity index (χ1) is 14.0. The number of rotatable bonds is 5. The number of carbonyl (C=O) groups excluding carboxylic acids is 2. The molecule has 29 heavy (non-hydrogen) atoms. The minimum Gasteiger partial charge on any atom is -0.349 e. The van der Waals surface area contributed by atoms with E-state index in [9.17, 15) is 14.0 Å². The molecule has 0 spiro atoms. The van der Waals surface area contributed by atoms with Crippen molar-refractivity contribution in [1.29, 1.82) is 0 Å². The Balaban J connectivity index is 1.35. The van der Waals surface area contributed by atoms with E-state index in [-0.39, 0.29) is 30.2 Å². The maximum absolute atomic E-state index is 13.4. The van der Waals surface area contributed by atoms with E-state index in [0.29, 0.717) is 22.2 Å². The van der Waals surface area contributed by atoms with Gasteiger partial charge in [-0.2, -0.15) is 0 Å². The van der Waals surface area contributed by atoms with E-state index in [1.54, 1.807) is 25.3 Å². The fraction of sp³-hybridized carbons (Fsp3) is 0.333. The quantitative estimate of drug-likeness (QED) is 0.695. The van der Waals surface area contributed by atoms with E-state index in [1.165, 1.54) is 18.3 Å². The lowest BCUT2D eigenvalue weighted by atomic mass is 10.1. The first kappa shape index (κ1) is 19.0. The monoisotopic (exact) mass is 395 g/mol. The van der Waals surface area contributed by atoms with Crippen molar-refractivity contribution in [3.63, 3.8) is 0 Å². The van der Waals surface area contributed by atoms with Gasteiger partial charge in [0.1, 0.15) is 17.3 Å². The molecule has 0 bridgehead atoms. The van der Waals surface area contributed by atoms with Crippen LogP contribution in [0.4, 0.5) is 4.39 Å². The third kappa shape index (κ3) is 4.11. The van der Waals surface area contributed by atoms with Crippen LogP contribution in [-0.4, -0.2) is 38.9 Å². The number of hydrogen-bond acceptors (Lipinski definition) is 4. The summed E-state index contributed by atoms with van der Waals surface area (Å²) in [6.07, 6.45) is 6.10. The molecule has 1 atom stereocenters. The van der Waals surface area contributed by atoms with Crippen molar-refractivity contribution in [2.24, 2.45) is 0 Å².